The lowest BCUT2D eigenvalue weighted by Crippen LogP contribution is -2.66. The average molecular weight is 535 g/mol. The van der Waals surface area contributed by atoms with Crippen LogP contribution in [0.4, 0.5) is 5.82 Å². The first-order valence-electron chi connectivity index (χ1n) is 13.2. The SMILES string of the molecule is CCOC(=O)C1(C(=O)OCC)Cc2c(C)nc(N3CCOCC3)c(C)c2CC1(C(=O)OCC)C(=O)OCC. The van der Waals surface area contributed by atoms with Gasteiger partial charge in [-0.2, -0.15) is 0 Å². The van der Waals surface area contributed by atoms with Gasteiger partial charge in [0.05, 0.1) is 39.6 Å². The molecule has 1 fully saturated rings. The summed E-state index contributed by atoms with van der Waals surface area (Å²) in [5, 5.41) is 0. The Morgan fingerprint density at radius 1 is 0.737 bits per heavy atom. The zero-order valence-electron chi connectivity index (χ0n) is 23.1. The topological polar surface area (TPSA) is 131 Å². The molecule has 210 valence electrons. The molecule has 0 saturated carbocycles. The molecule has 1 aliphatic carbocycles. The summed E-state index contributed by atoms with van der Waals surface area (Å²) in [4.78, 5) is 62.3. The summed E-state index contributed by atoms with van der Waals surface area (Å²) in [5.41, 5.74) is -2.19. The molecule has 0 radical (unpaired) electrons. The number of hydrogen-bond acceptors (Lipinski definition) is 11. The van der Waals surface area contributed by atoms with Crippen molar-refractivity contribution in [3.63, 3.8) is 0 Å². The Bertz CT molecular complexity index is 1040. The van der Waals surface area contributed by atoms with Crippen LogP contribution in [0.3, 0.4) is 0 Å². The molecular formula is C27H38N2O9. The quantitative estimate of drug-likeness (QED) is 0.261. The molecule has 1 aromatic heterocycles. The maximum absolute atomic E-state index is 13.9. The summed E-state index contributed by atoms with van der Waals surface area (Å²) in [6.07, 6.45) is -0.648. The summed E-state index contributed by atoms with van der Waals surface area (Å²) in [7, 11) is 0. The molecule has 0 unspecified atom stereocenters. The van der Waals surface area contributed by atoms with Gasteiger partial charge in [0.1, 0.15) is 5.82 Å². The van der Waals surface area contributed by atoms with Crippen LogP contribution in [0.5, 0.6) is 0 Å². The highest BCUT2D eigenvalue weighted by atomic mass is 16.6. The summed E-state index contributed by atoms with van der Waals surface area (Å²) in [6, 6.07) is 0. The van der Waals surface area contributed by atoms with Gasteiger partial charge in [0, 0.05) is 31.6 Å². The van der Waals surface area contributed by atoms with Gasteiger partial charge in [-0.05, 0) is 58.2 Å². The van der Waals surface area contributed by atoms with E-state index in [0.717, 1.165) is 5.56 Å². The van der Waals surface area contributed by atoms with Gasteiger partial charge >= 0.3 is 23.9 Å². The van der Waals surface area contributed by atoms with E-state index in [2.05, 4.69) is 4.90 Å². The van der Waals surface area contributed by atoms with E-state index in [0.29, 0.717) is 48.9 Å². The maximum Gasteiger partial charge on any atom is 0.325 e. The van der Waals surface area contributed by atoms with E-state index in [4.69, 9.17) is 28.7 Å². The number of hydrogen-bond donors (Lipinski definition) is 0. The van der Waals surface area contributed by atoms with Crippen LogP contribution in [0, 0.1) is 24.7 Å². The van der Waals surface area contributed by atoms with E-state index in [1.807, 2.05) is 6.92 Å². The van der Waals surface area contributed by atoms with Crippen molar-refractivity contribution in [2.24, 2.45) is 10.8 Å². The minimum absolute atomic E-state index is 0.0814. The molecule has 1 aliphatic heterocycles. The Balaban J connectivity index is 2.40. The van der Waals surface area contributed by atoms with Gasteiger partial charge in [-0.1, -0.05) is 0 Å². The van der Waals surface area contributed by atoms with Gasteiger partial charge in [0.15, 0.2) is 10.8 Å². The average Bonchev–Trinajstić information content (AvgIpc) is 2.90. The monoisotopic (exact) mass is 534 g/mol. The molecule has 3 rings (SSSR count). The van der Waals surface area contributed by atoms with Crippen molar-refractivity contribution in [1.82, 2.24) is 4.98 Å². The van der Waals surface area contributed by atoms with Crippen LogP contribution in [0.2, 0.25) is 0 Å². The summed E-state index contributed by atoms with van der Waals surface area (Å²) < 4.78 is 27.0. The zero-order chi connectivity index (χ0) is 28.1. The van der Waals surface area contributed by atoms with Crippen molar-refractivity contribution >= 4 is 29.7 Å². The molecule has 0 bridgehead atoms. The van der Waals surface area contributed by atoms with Crippen LogP contribution in [-0.2, 0) is 55.7 Å². The molecule has 0 N–H and O–H groups in total. The van der Waals surface area contributed by atoms with Crippen LogP contribution in [0.1, 0.15) is 50.1 Å². The number of ether oxygens (including phenoxy) is 5. The van der Waals surface area contributed by atoms with Gasteiger partial charge < -0.3 is 28.6 Å². The number of anilines is 1. The summed E-state index contributed by atoms with van der Waals surface area (Å²) >= 11 is 0. The van der Waals surface area contributed by atoms with Crippen LogP contribution >= 0.6 is 0 Å². The fourth-order valence-corrected chi connectivity index (χ4v) is 5.45. The second-order valence-corrected chi connectivity index (χ2v) is 9.25. The van der Waals surface area contributed by atoms with Crippen molar-refractivity contribution in [2.45, 2.75) is 54.4 Å². The van der Waals surface area contributed by atoms with Gasteiger partial charge in [0.25, 0.3) is 0 Å². The number of carbonyl (C=O) groups excluding carboxylic acids is 4. The highest BCUT2D eigenvalue weighted by Crippen LogP contribution is 2.54. The second kappa shape index (κ2) is 12.1. The Morgan fingerprint density at radius 3 is 1.53 bits per heavy atom. The molecule has 11 nitrogen and oxygen atoms in total. The third-order valence-electron chi connectivity index (χ3n) is 7.28. The third kappa shape index (κ3) is 4.72. The van der Waals surface area contributed by atoms with Crippen molar-refractivity contribution in [2.75, 3.05) is 57.6 Å². The lowest BCUT2D eigenvalue weighted by atomic mass is 9.53. The molecule has 1 saturated heterocycles. The molecule has 0 spiro atoms. The number of rotatable bonds is 9. The Kier molecular flexibility index (Phi) is 9.35. The minimum Gasteiger partial charge on any atom is -0.465 e. The maximum atomic E-state index is 13.9. The fraction of sp³-hybridized carbons (Fsp3) is 0.667. The predicted molar refractivity (Wildman–Crippen MR) is 136 cm³/mol. The lowest BCUT2D eigenvalue weighted by Gasteiger charge is -2.47. The molecular weight excluding hydrogens is 496 g/mol. The molecule has 11 heteroatoms. The van der Waals surface area contributed by atoms with E-state index in [-0.39, 0.29) is 39.3 Å². The lowest BCUT2D eigenvalue weighted by molar-refractivity contribution is -0.204. The molecule has 0 amide bonds. The van der Waals surface area contributed by atoms with E-state index in [9.17, 15) is 19.2 Å². The Labute approximate surface area is 223 Å². The fourth-order valence-electron chi connectivity index (χ4n) is 5.45. The van der Waals surface area contributed by atoms with Gasteiger partial charge in [-0.15, -0.1) is 0 Å². The van der Waals surface area contributed by atoms with E-state index in [1.54, 1.807) is 34.6 Å². The number of aryl methyl sites for hydroxylation is 1. The first-order valence-corrected chi connectivity index (χ1v) is 13.2. The van der Waals surface area contributed by atoms with E-state index in [1.165, 1.54) is 0 Å². The molecule has 1 aromatic rings. The number of carbonyl (C=O) groups is 4. The Hall–Kier alpha value is -3.21. The van der Waals surface area contributed by atoms with Crippen molar-refractivity contribution in [3.8, 4) is 0 Å². The molecule has 0 atom stereocenters. The number of pyridine rings is 1. The molecule has 0 aromatic carbocycles. The van der Waals surface area contributed by atoms with Crippen LogP contribution < -0.4 is 4.90 Å². The standard InChI is InChI=1S/C27H38N2O9/c1-7-35-22(30)26(23(31)36-8-2)15-19-17(5)21(29-11-13-34-14-12-29)28-18(6)20(19)16-27(26,24(32)37-9-3)25(33)38-10-4/h7-16H2,1-6H3. The zero-order valence-corrected chi connectivity index (χ0v) is 23.1. The highest BCUT2D eigenvalue weighted by molar-refractivity contribution is 6.15. The third-order valence-corrected chi connectivity index (χ3v) is 7.28. The highest BCUT2D eigenvalue weighted by Gasteiger charge is 2.75. The largest absolute Gasteiger partial charge is 0.465 e. The molecule has 2 aliphatic rings. The first kappa shape index (κ1) is 29.3. The van der Waals surface area contributed by atoms with Gasteiger partial charge in [-0.3, -0.25) is 19.2 Å². The van der Waals surface area contributed by atoms with Crippen molar-refractivity contribution < 1.29 is 42.9 Å². The normalized spacial score (nSPS) is 17.7. The van der Waals surface area contributed by atoms with Crippen molar-refractivity contribution in [1.29, 1.82) is 0 Å². The van der Waals surface area contributed by atoms with Gasteiger partial charge in [-0.25, -0.2) is 4.98 Å². The number of nitrogens with zero attached hydrogens (tertiary/aromatic N) is 2. The van der Waals surface area contributed by atoms with Crippen LogP contribution in [0.25, 0.3) is 0 Å². The minimum atomic E-state index is -2.37. The predicted octanol–water partition coefficient (Wildman–Crippen LogP) is 1.86. The van der Waals surface area contributed by atoms with E-state index >= 15 is 0 Å². The first-order chi connectivity index (χ1) is 18.2. The summed E-state index contributed by atoms with van der Waals surface area (Å²) in [5.74, 6) is -3.45. The smallest absolute Gasteiger partial charge is 0.325 e. The number of morpholine rings is 1. The van der Waals surface area contributed by atoms with Gasteiger partial charge in [0.2, 0.25) is 0 Å². The molecule has 2 heterocycles. The molecule has 38 heavy (non-hydrogen) atoms. The number of esters is 4. The van der Waals surface area contributed by atoms with Crippen LogP contribution in [-0.4, -0.2) is 81.6 Å². The van der Waals surface area contributed by atoms with Crippen molar-refractivity contribution in [3.05, 3.63) is 22.4 Å². The second-order valence-electron chi connectivity index (χ2n) is 9.25. The van der Waals surface area contributed by atoms with Crippen LogP contribution in [0.15, 0.2) is 0 Å². The Morgan fingerprint density at radius 2 is 1.13 bits per heavy atom. The summed E-state index contributed by atoms with van der Waals surface area (Å²) in [6.45, 7) is 12.0. The number of fused-ring (bicyclic) bond motifs is 1. The van der Waals surface area contributed by atoms with E-state index < -0.39 is 34.7 Å². The number of aromatic nitrogens is 1.